The van der Waals surface area contributed by atoms with Gasteiger partial charge in [0.15, 0.2) is 0 Å². The summed E-state index contributed by atoms with van der Waals surface area (Å²) in [6.45, 7) is 3.90. The predicted molar refractivity (Wildman–Crippen MR) is 141 cm³/mol. The highest BCUT2D eigenvalue weighted by molar-refractivity contribution is 7.89. The number of carboxylic acids is 1. The van der Waals surface area contributed by atoms with Gasteiger partial charge in [-0.15, -0.1) is 0 Å². The van der Waals surface area contributed by atoms with Gasteiger partial charge in [0, 0.05) is 24.6 Å². The van der Waals surface area contributed by atoms with Gasteiger partial charge >= 0.3 is 12.0 Å². The molecule has 2 unspecified atom stereocenters. The second-order valence-electron chi connectivity index (χ2n) is 10.6. The summed E-state index contributed by atoms with van der Waals surface area (Å²) in [5.74, 6) is -1.52. The number of anilines is 1. The molecule has 4 N–H and O–H groups in total. The fraction of sp³-hybridized carbons (Fsp3) is 0.444. The van der Waals surface area contributed by atoms with Crippen LogP contribution in [0.3, 0.4) is 0 Å². The maximum atomic E-state index is 13.1. The van der Waals surface area contributed by atoms with Gasteiger partial charge in [-0.2, -0.15) is 0 Å². The molecule has 2 bridgehead atoms. The van der Waals surface area contributed by atoms with E-state index in [0.29, 0.717) is 24.1 Å². The minimum atomic E-state index is -4.04. The number of aliphatic carboxylic acids is 1. The number of fused-ring (bicyclic) bond motifs is 2. The normalized spacial score (nSPS) is 23.0. The molecular formula is C27H33N3O6S. The average molecular weight is 528 g/mol. The third-order valence-corrected chi connectivity index (χ3v) is 9.79. The molecule has 0 spiro atoms. The van der Waals surface area contributed by atoms with Gasteiger partial charge in [-0.3, -0.25) is 9.59 Å². The quantitative estimate of drug-likeness (QED) is 0.394. The van der Waals surface area contributed by atoms with E-state index in [9.17, 15) is 27.9 Å². The van der Waals surface area contributed by atoms with Crippen LogP contribution in [-0.2, 0) is 26.0 Å². The van der Waals surface area contributed by atoms with Gasteiger partial charge in [0.05, 0.1) is 5.75 Å². The number of carbonyl (C=O) groups is 3. The minimum absolute atomic E-state index is 0.0313. The number of hydrogen-bond donors (Lipinski definition) is 4. The van der Waals surface area contributed by atoms with Crippen LogP contribution >= 0.6 is 0 Å². The molecule has 2 aliphatic rings. The van der Waals surface area contributed by atoms with Crippen LogP contribution in [0.15, 0.2) is 48.5 Å². The van der Waals surface area contributed by atoms with Crippen LogP contribution in [0.25, 0.3) is 11.1 Å². The Morgan fingerprint density at radius 2 is 1.81 bits per heavy atom. The van der Waals surface area contributed by atoms with E-state index in [2.05, 4.69) is 15.4 Å². The highest BCUT2D eigenvalue weighted by atomic mass is 32.2. The Morgan fingerprint density at radius 3 is 2.38 bits per heavy atom. The van der Waals surface area contributed by atoms with E-state index in [1.54, 1.807) is 18.2 Å². The zero-order chi connectivity index (χ0) is 27.0. The molecular weight excluding hydrogens is 494 g/mol. The van der Waals surface area contributed by atoms with Gasteiger partial charge in [-0.05, 0) is 59.4 Å². The van der Waals surface area contributed by atoms with E-state index >= 15 is 0 Å². The Labute approximate surface area is 217 Å². The van der Waals surface area contributed by atoms with Gasteiger partial charge in [-0.1, -0.05) is 50.2 Å². The second-order valence-corrected chi connectivity index (χ2v) is 12.4. The standard InChI is InChI=1S/C27H33N3O6S/c1-26(2)20-11-12-27(26,23(31)15-20)16-37(35,36)30-22(24(32)33)13-17-7-9-18(10-8-17)19-5-4-6-21(14-19)29-25(34)28-3/h4-10,14,20,22,30H,11-13,15-16H2,1-3H3,(H,32,33)(H2,28,29,34)/t20?,22-,27?/m0/s1. The highest BCUT2D eigenvalue weighted by Gasteiger charge is 2.65. The summed E-state index contributed by atoms with van der Waals surface area (Å²) in [7, 11) is -2.51. The van der Waals surface area contributed by atoms with Crippen molar-refractivity contribution in [2.75, 3.05) is 18.1 Å². The third kappa shape index (κ3) is 5.26. The summed E-state index contributed by atoms with van der Waals surface area (Å²) in [6.07, 6.45) is 1.68. The second kappa shape index (κ2) is 9.90. The first-order chi connectivity index (χ1) is 17.4. The third-order valence-electron chi connectivity index (χ3n) is 8.27. The van der Waals surface area contributed by atoms with Crippen LogP contribution < -0.4 is 15.4 Å². The summed E-state index contributed by atoms with van der Waals surface area (Å²) in [4.78, 5) is 36.3. The van der Waals surface area contributed by atoms with Crippen LogP contribution in [0.2, 0.25) is 0 Å². The van der Waals surface area contributed by atoms with Gasteiger partial charge < -0.3 is 15.7 Å². The molecule has 2 aromatic rings. The number of hydrogen-bond acceptors (Lipinski definition) is 5. The van der Waals surface area contributed by atoms with Crippen LogP contribution in [0.5, 0.6) is 0 Å². The molecule has 2 fully saturated rings. The molecule has 0 radical (unpaired) electrons. The lowest BCUT2D eigenvalue weighted by atomic mass is 9.70. The molecule has 3 atom stereocenters. The Hall–Kier alpha value is -3.24. The molecule has 2 saturated carbocycles. The number of ketones is 1. The fourth-order valence-electron chi connectivity index (χ4n) is 5.91. The van der Waals surface area contributed by atoms with Gasteiger partial charge in [0.25, 0.3) is 0 Å². The summed E-state index contributed by atoms with van der Waals surface area (Å²) in [5, 5.41) is 15.0. The largest absolute Gasteiger partial charge is 0.480 e. The predicted octanol–water partition coefficient (Wildman–Crippen LogP) is 3.42. The molecule has 2 aliphatic carbocycles. The van der Waals surface area contributed by atoms with E-state index in [0.717, 1.165) is 17.5 Å². The van der Waals surface area contributed by atoms with Gasteiger partial charge in [0.1, 0.15) is 11.8 Å². The molecule has 0 aliphatic heterocycles. The van der Waals surface area contributed by atoms with Crippen molar-refractivity contribution in [3.63, 3.8) is 0 Å². The molecule has 0 aromatic heterocycles. The number of amides is 2. The molecule has 9 nitrogen and oxygen atoms in total. The number of carbonyl (C=O) groups excluding carboxylic acids is 2. The number of Topliss-reactive ketones (excluding diaryl/α,β-unsaturated/α-hetero) is 1. The Bertz CT molecular complexity index is 1320. The molecule has 2 aromatic carbocycles. The number of rotatable bonds is 9. The molecule has 2 amide bonds. The summed E-state index contributed by atoms with van der Waals surface area (Å²) >= 11 is 0. The lowest BCUT2D eigenvalue weighted by Crippen LogP contribution is -2.49. The van der Waals surface area contributed by atoms with Crippen molar-refractivity contribution in [1.29, 1.82) is 0 Å². The molecule has 198 valence electrons. The van der Waals surface area contributed by atoms with E-state index in [-0.39, 0.29) is 29.9 Å². The average Bonchev–Trinajstić information content (AvgIpc) is 3.18. The minimum Gasteiger partial charge on any atom is -0.480 e. The van der Waals surface area contributed by atoms with Crippen LogP contribution in [0.4, 0.5) is 10.5 Å². The first-order valence-electron chi connectivity index (χ1n) is 12.3. The lowest BCUT2D eigenvalue weighted by molar-refractivity contribution is -0.138. The van der Waals surface area contributed by atoms with Crippen LogP contribution in [0.1, 0.15) is 38.7 Å². The van der Waals surface area contributed by atoms with Crippen molar-refractivity contribution >= 4 is 33.5 Å². The summed E-state index contributed by atoms with van der Waals surface area (Å²) < 4.78 is 28.6. The number of benzene rings is 2. The fourth-order valence-corrected chi connectivity index (χ4v) is 7.94. The monoisotopic (exact) mass is 527 g/mol. The molecule has 37 heavy (non-hydrogen) atoms. The molecule has 0 saturated heterocycles. The topological polar surface area (TPSA) is 142 Å². The Balaban J connectivity index is 1.46. The van der Waals surface area contributed by atoms with Crippen LogP contribution in [0, 0.1) is 16.7 Å². The van der Waals surface area contributed by atoms with E-state index in [4.69, 9.17) is 0 Å². The van der Waals surface area contributed by atoms with Gasteiger partial charge in [0.2, 0.25) is 10.0 Å². The Morgan fingerprint density at radius 1 is 1.11 bits per heavy atom. The van der Waals surface area contributed by atoms with E-state index in [1.165, 1.54) is 7.05 Å². The number of carboxylic acid groups (broad SMARTS) is 1. The van der Waals surface area contributed by atoms with Crippen molar-refractivity contribution in [3.8, 4) is 11.1 Å². The number of sulfonamides is 1. The van der Waals surface area contributed by atoms with Gasteiger partial charge in [-0.25, -0.2) is 17.9 Å². The molecule has 4 rings (SSSR count). The SMILES string of the molecule is CNC(=O)Nc1cccc(-c2ccc(C[C@H](NS(=O)(=O)CC34CCC(CC3=O)C4(C)C)C(=O)O)cc2)c1. The zero-order valence-electron chi connectivity index (χ0n) is 21.2. The zero-order valence-corrected chi connectivity index (χ0v) is 22.0. The first-order valence-corrected chi connectivity index (χ1v) is 14.0. The van der Waals surface area contributed by atoms with Crippen molar-refractivity contribution < 1.29 is 27.9 Å². The van der Waals surface area contributed by atoms with Crippen molar-refractivity contribution in [2.45, 2.75) is 45.6 Å². The van der Waals surface area contributed by atoms with Crippen LogP contribution in [-0.4, -0.2) is 50.2 Å². The highest BCUT2D eigenvalue weighted by Crippen LogP contribution is 2.64. The van der Waals surface area contributed by atoms with Crippen molar-refractivity contribution in [3.05, 3.63) is 54.1 Å². The van der Waals surface area contributed by atoms with Crippen molar-refractivity contribution in [1.82, 2.24) is 10.0 Å². The number of urea groups is 1. The summed E-state index contributed by atoms with van der Waals surface area (Å²) in [6, 6.07) is 12.7. The number of nitrogens with one attached hydrogen (secondary N) is 3. The maximum absolute atomic E-state index is 13.1. The van der Waals surface area contributed by atoms with Crippen molar-refractivity contribution in [2.24, 2.45) is 16.7 Å². The molecule has 0 heterocycles. The lowest BCUT2D eigenvalue weighted by Gasteiger charge is -2.36. The Kier molecular flexibility index (Phi) is 7.18. The van der Waals surface area contributed by atoms with E-state index < -0.39 is 32.9 Å². The molecule has 10 heteroatoms. The smallest absolute Gasteiger partial charge is 0.322 e. The van der Waals surface area contributed by atoms with E-state index in [1.807, 2.05) is 44.2 Å². The first kappa shape index (κ1) is 26.8. The maximum Gasteiger partial charge on any atom is 0.322 e. The summed E-state index contributed by atoms with van der Waals surface area (Å²) in [5.41, 5.74) is 1.59.